The Morgan fingerprint density at radius 3 is 2.33 bits per heavy atom. The van der Waals surface area contributed by atoms with E-state index >= 15 is 0 Å². The Morgan fingerprint density at radius 1 is 0.939 bits per heavy atom. The van der Waals surface area contributed by atoms with Crippen molar-refractivity contribution in [1.82, 2.24) is 0 Å². The predicted octanol–water partition coefficient (Wildman–Crippen LogP) is 6.55. The van der Waals surface area contributed by atoms with Crippen LogP contribution in [0.1, 0.15) is 43.0 Å². The third kappa shape index (κ3) is 5.79. The number of thiophene rings is 1. The number of hydrogen-bond acceptors (Lipinski definition) is 5. The van der Waals surface area contributed by atoms with E-state index in [1.165, 1.54) is 0 Å². The lowest BCUT2D eigenvalue weighted by molar-refractivity contribution is 0.309. The normalized spacial score (nSPS) is 18.2. The summed E-state index contributed by atoms with van der Waals surface area (Å²) >= 11 is 1.57. The maximum atomic E-state index is 13.1. The molecule has 0 N–H and O–H groups in total. The minimum Gasteiger partial charge on any atom is -0.497 e. The van der Waals surface area contributed by atoms with Gasteiger partial charge in [0, 0.05) is 9.75 Å². The van der Waals surface area contributed by atoms with E-state index in [2.05, 4.69) is 6.92 Å². The van der Waals surface area contributed by atoms with Crippen molar-refractivity contribution in [2.45, 2.75) is 39.0 Å². The molecule has 1 atom stereocenters. The molecule has 0 amide bonds. The summed E-state index contributed by atoms with van der Waals surface area (Å²) in [7, 11) is -1.62. The fourth-order valence-electron chi connectivity index (χ4n) is 4.29. The molecule has 1 radical (unpaired) electrons. The fourth-order valence-corrected chi connectivity index (χ4v) is 7.67. The van der Waals surface area contributed by atoms with Crippen molar-refractivity contribution in [3.05, 3.63) is 76.4 Å². The number of hydrogen-bond donors (Lipinski definition) is 0. The zero-order valence-corrected chi connectivity index (χ0v) is 20.9. The molecule has 0 spiro atoms. The SMILES string of the molecule is CCCCOc1ccc(-c2ccc([C]3C(Cc4ccc(OC)cc4)CCCS3(=O)=O)s2)cc1. The van der Waals surface area contributed by atoms with Crippen LogP contribution >= 0.6 is 11.3 Å². The van der Waals surface area contributed by atoms with Crippen LogP contribution in [0.3, 0.4) is 0 Å². The van der Waals surface area contributed by atoms with E-state index in [0.717, 1.165) is 64.7 Å². The average Bonchev–Trinajstić information content (AvgIpc) is 3.29. The van der Waals surface area contributed by atoms with Crippen molar-refractivity contribution in [3.8, 4) is 21.9 Å². The van der Waals surface area contributed by atoms with E-state index in [-0.39, 0.29) is 11.7 Å². The Balaban J connectivity index is 1.54. The van der Waals surface area contributed by atoms with Crippen LogP contribution in [-0.2, 0) is 16.3 Å². The number of sulfone groups is 1. The van der Waals surface area contributed by atoms with Gasteiger partial charge in [-0.3, -0.25) is 0 Å². The zero-order valence-electron chi connectivity index (χ0n) is 19.3. The Morgan fingerprint density at radius 2 is 1.64 bits per heavy atom. The Bertz CT molecular complexity index is 1130. The summed E-state index contributed by atoms with van der Waals surface area (Å²) < 4.78 is 37.3. The molecule has 3 aromatic rings. The van der Waals surface area contributed by atoms with E-state index in [9.17, 15) is 8.42 Å². The smallest absolute Gasteiger partial charge is 0.163 e. The molecule has 1 aliphatic rings. The standard InChI is InChI=1S/C27H31O4S2/c1-3-4-17-31-24-13-9-21(10-14-24)25-15-16-26(32-25)27-22(6-5-18-33(27,28)29)19-20-7-11-23(30-2)12-8-20/h7-16,22H,3-6,17-19H2,1-2H3. The molecule has 1 aliphatic heterocycles. The van der Waals surface area contributed by atoms with E-state index in [1.54, 1.807) is 18.4 Å². The molecule has 2 aromatic carbocycles. The van der Waals surface area contributed by atoms with Gasteiger partial charge in [0.15, 0.2) is 9.84 Å². The van der Waals surface area contributed by atoms with Gasteiger partial charge in [0.1, 0.15) is 16.7 Å². The van der Waals surface area contributed by atoms with Gasteiger partial charge in [-0.15, -0.1) is 11.3 Å². The first kappa shape index (κ1) is 23.8. The molecule has 2 heterocycles. The molecule has 4 rings (SSSR count). The van der Waals surface area contributed by atoms with Gasteiger partial charge < -0.3 is 9.47 Å². The zero-order chi connectivity index (χ0) is 23.3. The quantitative estimate of drug-likeness (QED) is 0.324. The molecular weight excluding hydrogens is 452 g/mol. The van der Waals surface area contributed by atoms with E-state index in [4.69, 9.17) is 9.47 Å². The van der Waals surface area contributed by atoms with E-state index in [1.807, 2.05) is 60.7 Å². The molecule has 4 nitrogen and oxygen atoms in total. The van der Waals surface area contributed by atoms with Crippen molar-refractivity contribution in [1.29, 1.82) is 0 Å². The summed E-state index contributed by atoms with van der Waals surface area (Å²) in [6.45, 7) is 2.87. The topological polar surface area (TPSA) is 52.6 Å². The van der Waals surface area contributed by atoms with Crippen LogP contribution in [0.15, 0.2) is 60.7 Å². The second-order valence-electron chi connectivity index (χ2n) is 8.46. The number of ether oxygens (including phenoxy) is 2. The summed E-state index contributed by atoms with van der Waals surface area (Å²) in [5.41, 5.74) is 2.21. The number of rotatable bonds is 9. The summed E-state index contributed by atoms with van der Waals surface area (Å²) in [5.74, 6) is 1.91. The average molecular weight is 484 g/mol. The summed E-state index contributed by atoms with van der Waals surface area (Å²) in [4.78, 5) is 1.94. The lowest BCUT2D eigenvalue weighted by Gasteiger charge is -2.30. The first-order valence-electron chi connectivity index (χ1n) is 11.6. The van der Waals surface area contributed by atoms with Gasteiger partial charge in [0.25, 0.3) is 0 Å². The van der Waals surface area contributed by atoms with Gasteiger partial charge in [0.05, 0.1) is 19.5 Å². The van der Waals surface area contributed by atoms with Crippen LogP contribution in [0, 0.1) is 11.2 Å². The molecular formula is C27H31O4S2. The van der Waals surface area contributed by atoms with Crippen LogP contribution in [0.2, 0.25) is 0 Å². The van der Waals surface area contributed by atoms with Crippen molar-refractivity contribution < 1.29 is 17.9 Å². The van der Waals surface area contributed by atoms with Crippen LogP contribution in [0.4, 0.5) is 0 Å². The largest absolute Gasteiger partial charge is 0.497 e. The third-order valence-corrected chi connectivity index (χ3v) is 9.41. The number of benzene rings is 2. The molecule has 33 heavy (non-hydrogen) atoms. The van der Waals surface area contributed by atoms with Crippen LogP contribution in [0.25, 0.3) is 10.4 Å². The van der Waals surface area contributed by atoms with Gasteiger partial charge >= 0.3 is 0 Å². The second-order valence-corrected chi connectivity index (χ2v) is 11.6. The maximum absolute atomic E-state index is 13.1. The molecule has 1 unspecified atom stereocenters. The van der Waals surface area contributed by atoms with E-state index in [0.29, 0.717) is 11.7 Å². The molecule has 1 aromatic heterocycles. The van der Waals surface area contributed by atoms with Crippen LogP contribution < -0.4 is 9.47 Å². The number of methoxy groups -OCH3 is 1. The van der Waals surface area contributed by atoms with Crippen molar-refractivity contribution in [2.24, 2.45) is 5.92 Å². The molecule has 175 valence electrons. The number of unbranched alkanes of at least 4 members (excludes halogenated alkanes) is 1. The van der Waals surface area contributed by atoms with Crippen molar-refractivity contribution >= 4 is 21.2 Å². The lowest BCUT2D eigenvalue weighted by Crippen LogP contribution is -2.31. The van der Waals surface area contributed by atoms with Gasteiger partial charge in [-0.1, -0.05) is 25.5 Å². The van der Waals surface area contributed by atoms with Gasteiger partial charge in [-0.2, -0.15) is 0 Å². The van der Waals surface area contributed by atoms with Crippen molar-refractivity contribution in [2.75, 3.05) is 19.5 Å². The van der Waals surface area contributed by atoms with Gasteiger partial charge in [-0.25, -0.2) is 8.42 Å². The van der Waals surface area contributed by atoms with Crippen LogP contribution in [-0.4, -0.2) is 27.9 Å². The molecule has 0 saturated carbocycles. The molecule has 6 heteroatoms. The monoisotopic (exact) mass is 483 g/mol. The summed E-state index contributed by atoms with van der Waals surface area (Å²) in [6, 6.07) is 20.0. The summed E-state index contributed by atoms with van der Waals surface area (Å²) in [6.07, 6.45) is 4.47. The highest BCUT2D eigenvalue weighted by Gasteiger charge is 2.40. The predicted molar refractivity (Wildman–Crippen MR) is 136 cm³/mol. The fraction of sp³-hybridized carbons (Fsp3) is 0.370. The summed E-state index contributed by atoms with van der Waals surface area (Å²) in [5, 5.41) is 0.611. The lowest BCUT2D eigenvalue weighted by atomic mass is 9.90. The minimum atomic E-state index is -3.26. The molecule has 0 bridgehead atoms. The third-order valence-electron chi connectivity index (χ3n) is 6.07. The van der Waals surface area contributed by atoms with Gasteiger partial charge in [0.2, 0.25) is 0 Å². The Hall–Kier alpha value is -2.31. The van der Waals surface area contributed by atoms with E-state index < -0.39 is 9.84 Å². The highest BCUT2D eigenvalue weighted by molar-refractivity contribution is 7.94. The van der Waals surface area contributed by atoms with Gasteiger partial charge in [-0.05, 0) is 91.3 Å². The van der Waals surface area contributed by atoms with Crippen molar-refractivity contribution in [3.63, 3.8) is 0 Å². The highest BCUT2D eigenvalue weighted by Crippen LogP contribution is 2.43. The molecule has 1 saturated heterocycles. The second kappa shape index (κ2) is 10.7. The Labute approximate surface area is 201 Å². The first-order valence-corrected chi connectivity index (χ1v) is 14.0. The Kier molecular flexibility index (Phi) is 7.76. The van der Waals surface area contributed by atoms with Crippen LogP contribution in [0.5, 0.6) is 11.5 Å². The first-order chi connectivity index (χ1) is 16.0. The molecule has 1 fully saturated rings. The molecule has 0 aliphatic carbocycles. The minimum absolute atomic E-state index is 0.00186. The highest BCUT2D eigenvalue weighted by atomic mass is 32.2. The maximum Gasteiger partial charge on any atom is 0.163 e.